The maximum atomic E-state index is 11.6. The van der Waals surface area contributed by atoms with Gasteiger partial charge in [-0.1, -0.05) is 6.07 Å². The van der Waals surface area contributed by atoms with Crippen molar-refractivity contribution in [3.8, 4) is 5.75 Å². The molecule has 1 aromatic rings. The Bertz CT molecular complexity index is 477. The summed E-state index contributed by atoms with van der Waals surface area (Å²) in [7, 11) is 1.13. The molecule has 0 aliphatic heterocycles. The second-order valence-corrected chi connectivity index (χ2v) is 3.18. The van der Waals surface area contributed by atoms with E-state index in [1.54, 1.807) is 0 Å². The van der Waals surface area contributed by atoms with Gasteiger partial charge >= 0.3 is 11.9 Å². The zero-order chi connectivity index (χ0) is 13.0. The number of aromatic carboxylic acids is 1. The van der Waals surface area contributed by atoms with Gasteiger partial charge in [-0.25, -0.2) is 4.79 Å². The Morgan fingerprint density at radius 3 is 2.35 bits per heavy atom. The van der Waals surface area contributed by atoms with Crippen molar-refractivity contribution >= 4 is 17.7 Å². The molecule has 0 saturated carbocycles. The number of carboxylic acids is 1. The average molecular weight is 238 g/mol. The van der Waals surface area contributed by atoms with Gasteiger partial charge in [0, 0.05) is 0 Å². The van der Waals surface area contributed by atoms with Gasteiger partial charge in [0.15, 0.2) is 5.78 Å². The van der Waals surface area contributed by atoms with Gasteiger partial charge in [-0.2, -0.15) is 0 Å². The molecule has 0 saturated heterocycles. The van der Waals surface area contributed by atoms with Crippen LogP contribution in [0.1, 0.15) is 27.1 Å². The molecule has 1 aromatic carbocycles. The summed E-state index contributed by atoms with van der Waals surface area (Å²) >= 11 is 0. The number of methoxy groups -OCH3 is 1. The first-order valence-corrected chi connectivity index (χ1v) is 4.62. The quantitative estimate of drug-likeness (QED) is 0.458. The van der Waals surface area contributed by atoms with Crippen molar-refractivity contribution < 1.29 is 29.3 Å². The number of carboxylic acid groups (broad SMARTS) is 1. The number of ether oxygens (including phenoxy) is 1. The average Bonchev–Trinajstić information content (AvgIpc) is 2.28. The number of phenols is 1. The Morgan fingerprint density at radius 1 is 1.24 bits per heavy atom. The van der Waals surface area contributed by atoms with Crippen LogP contribution in [0.4, 0.5) is 0 Å². The number of ketones is 1. The monoisotopic (exact) mass is 238 g/mol. The zero-order valence-corrected chi connectivity index (χ0v) is 8.97. The summed E-state index contributed by atoms with van der Waals surface area (Å²) in [6.07, 6.45) is -0.548. The number of esters is 1. The molecular weight excluding hydrogens is 228 g/mol. The van der Waals surface area contributed by atoms with Gasteiger partial charge in [0.1, 0.15) is 17.7 Å². The summed E-state index contributed by atoms with van der Waals surface area (Å²) in [5.74, 6) is -3.45. The molecule has 17 heavy (non-hydrogen) atoms. The van der Waals surface area contributed by atoms with Crippen molar-refractivity contribution in [3.63, 3.8) is 0 Å². The summed E-state index contributed by atoms with van der Waals surface area (Å²) < 4.78 is 4.30. The predicted octanol–water partition coefficient (Wildman–Crippen LogP) is 0.836. The molecule has 0 aromatic heterocycles. The Morgan fingerprint density at radius 2 is 1.82 bits per heavy atom. The number of carbonyl (C=O) groups excluding carboxylic acids is 2. The highest BCUT2D eigenvalue weighted by molar-refractivity contribution is 6.09. The molecule has 0 spiro atoms. The Balaban J connectivity index is 3.07. The first kappa shape index (κ1) is 12.7. The normalized spacial score (nSPS) is 9.71. The molecule has 0 atom stereocenters. The molecule has 90 valence electrons. The summed E-state index contributed by atoms with van der Waals surface area (Å²) in [6.45, 7) is 0. The van der Waals surface area contributed by atoms with E-state index in [2.05, 4.69) is 4.74 Å². The molecular formula is C11H10O6. The molecule has 1 rings (SSSR count). The third-order valence-corrected chi connectivity index (χ3v) is 2.10. The summed E-state index contributed by atoms with van der Waals surface area (Å²) in [4.78, 5) is 33.2. The van der Waals surface area contributed by atoms with Crippen molar-refractivity contribution in [2.24, 2.45) is 0 Å². The summed E-state index contributed by atoms with van der Waals surface area (Å²) in [5.41, 5.74) is -0.601. The lowest BCUT2D eigenvalue weighted by molar-refractivity contribution is -0.139. The Hall–Kier alpha value is -2.37. The van der Waals surface area contributed by atoms with Crippen LogP contribution in [-0.4, -0.2) is 35.0 Å². The van der Waals surface area contributed by atoms with Crippen LogP contribution < -0.4 is 0 Å². The minimum Gasteiger partial charge on any atom is -0.506 e. The van der Waals surface area contributed by atoms with Gasteiger partial charge in [-0.15, -0.1) is 0 Å². The van der Waals surface area contributed by atoms with Crippen LogP contribution in [0.15, 0.2) is 18.2 Å². The van der Waals surface area contributed by atoms with Gasteiger partial charge in [-0.05, 0) is 12.1 Å². The molecule has 0 amide bonds. The number of hydrogen-bond donors (Lipinski definition) is 2. The highest BCUT2D eigenvalue weighted by atomic mass is 16.5. The highest BCUT2D eigenvalue weighted by Gasteiger charge is 2.19. The summed E-state index contributed by atoms with van der Waals surface area (Å²) in [6, 6.07) is 3.72. The van der Waals surface area contributed by atoms with Crippen molar-refractivity contribution in [2.45, 2.75) is 6.42 Å². The first-order valence-electron chi connectivity index (χ1n) is 4.62. The van der Waals surface area contributed by atoms with E-state index in [9.17, 15) is 19.5 Å². The molecule has 6 heteroatoms. The highest BCUT2D eigenvalue weighted by Crippen LogP contribution is 2.23. The topological polar surface area (TPSA) is 101 Å². The van der Waals surface area contributed by atoms with Gasteiger partial charge in [0.2, 0.25) is 0 Å². The fourth-order valence-corrected chi connectivity index (χ4v) is 1.24. The van der Waals surface area contributed by atoms with Gasteiger partial charge in [0.25, 0.3) is 0 Å². The standard InChI is InChI=1S/C11H10O6/c1-17-9(13)5-8(12)6-3-2-4-7(10(6)14)11(15)16/h2-4,14H,5H2,1H3,(H,15,16). The fourth-order valence-electron chi connectivity index (χ4n) is 1.24. The predicted molar refractivity (Wildman–Crippen MR) is 56.0 cm³/mol. The van der Waals surface area contributed by atoms with Crippen LogP contribution in [0.25, 0.3) is 0 Å². The van der Waals surface area contributed by atoms with E-state index in [0.717, 1.165) is 13.2 Å². The Labute approximate surface area is 96.4 Å². The number of rotatable bonds is 4. The van der Waals surface area contributed by atoms with Crippen LogP contribution in [0.5, 0.6) is 5.75 Å². The van der Waals surface area contributed by atoms with Gasteiger partial charge in [0.05, 0.1) is 12.7 Å². The van der Waals surface area contributed by atoms with Crippen LogP contribution in [0.2, 0.25) is 0 Å². The number of aromatic hydroxyl groups is 1. The van der Waals surface area contributed by atoms with E-state index >= 15 is 0 Å². The molecule has 0 unspecified atom stereocenters. The lowest BCUT2D eigenvalue weighted by Crippen LogP contribution is -2.10. The van der Waals surface area contributed by atoms with E-state index in [0.29, 0.717) is 0 Å². The van der Waals surface area contributed by atoms with E-state index in [4.69, 9.17) is 5.11 Å². The molecule has 0 fully saturated rings. The molecule has 6 nitrogen and oxygen atoms in total. The second kappa shape index (κ2) is 5.11. The third-order valence-electron chi connectivity index (χ3n) is 2.10. The van der Waals surface area contributed by atoms with Gasteiger partial charge in [-0.3, -0.25) is 9.59 Å². The van der Waals surface area contributed by atoms with Crippen LogP contribution in [-0.2, 0) is 9.53 Å². The van der Waals surface area contributed by atoms with Crippen LogP contribution in [0.3, 0.4) is 0 Å². The molecule has 0 radical (unpaired) electrons. The fraction of sp³-hybridized carbons (Fsp3) is 0.182. The number of carbonyl (C=O) groups is 3. The number of hydrogen-bond acceptors (Lipinski definition) is 5. The van der Waals surface area contributed by atoms with E-state index in [-0.39, 0.29) is 11.1 Å². The van der Waals surface area contributed by atoms with Gasteiger partial charge < -0.3 is 14.9 Å². The van der Waals surface area contributed by atoms with E-state index in [1.165, 1.54) is 12.1 Å². The van der Waals surface area contributed by atoms with Crippen molar-refractivity contribution in [2.75, 3.05) is 7.11 Å². The molecule has 0 aliphatic rings. The third kappa shape index (κ3) is 2.81. The Kier molecular flexibility index (Phi) is 3.82. The number of benzene rings is 1. The molecule has 0 aliphatic carbocycles. The molecule has 0 bridgehead atoms. The minimum atomic E-state index is -1.35. The maximum absolute atomic E-state index is 11.6. The van der Waals surface area contributed by atoms with Crippen molar-refractivity contribution in [1.29, 1.82) is 0 Å². The largest absolute Gasteiger partial charge is 0.506 e. The summed E-state index contributed by atoms with van der Waals surface area (Å²) in [5, 5.41) is 18.3. The van der Waals surface area contributed by atoms with E-state index < -0.39 is 29.9 Å². The van der Waals surface area contributed by atoms with Crippen LogP contribution in [0, 0.1) is 0 Å². The maximum Gasteiger partial charge on any atom is 0.339 e. The lowest BCUT2D eigenvalue weighted by Gasteiger charge is -2.05. The molecule has 0 heterocycles. The van der Waals surface area contributed by atoms with Crippen molar-refractivity contribution in [3.05, 3.63) is 29.3 Å². The SMILES string of the molecule is COC(=O)CC(=O)c1cccc(C(=O)O)c1O. The second-order valence-electron chi connectivity index (χ2n) is 3.18. The first-order chi connectivity index (χ1) is 7.97. The van der Waals surface area contributed by atoms with Crippen LogP contribution >= 0.6 is 0 Å². The molecule has 2 N–H and O–H groups in total. The minimum absolute atomic E-state index is 0.213. The lowest BCUT2D eigenvalue weighted by atomic mass is 10.0. The number of para-hydroxylation sites is 1. The zero-order valence-electron chi connectivity index (χ0n) is 8.97. The van der Waals surface area contributed by atoms with Crippen molar-refractivity contribution in [1.82, 2.24) is 0 Å². The number of Topliss-reactive ketones (excluding diaryl/α,β-unsaturated/α-hetero) is 1. The van der Waals surface area contributed by atoms with E-state index in [1.807, 2.05) is 0 Å². The smallest absolute Gasteiger partial charge is 0.339 e.